The molecule has 1 fully saturated rings. The molecule has 1 aliphatic heterocycles. The minimum absolute atomic E-state index is 0.150. The molecule has 0 aliphatic carbocycles. The number of hydrogen-bond acceptors (Lipinski definition) is 3. The van der Waals surface area contributed by atoms with E-state index in [2.05, 4.69) is 83.9 Å². The van der Waals surface area contributed by atoms with E-state index in [-0.39, 0.29) is 5.54 Å². The van der Waals surface area contributed by atoms with E-state index in [0.717, 1.165) is 38.6 Å². The van der Waals surface area contributed by atoms with Crippen LogP contribution in [0.2, 0.25) is 0 Å². The van der Waals surface area contributed by atoms with Gasteiger partial charge in [-0.3, -0.25) is 9.89 Å². The summed E-state index contributed by atoms with van der Waals surface area (Å²) in [6.07, 6.45) is 1.15. The van der Waals surface area contributed by atoms with Crippen molar-refractivity contribution in [3.8, 4) is 0 Å². The molecule has 1 aliphatic rings. The monoisotopic (exact) mass is 345 g/mol. The van der Waals surface area contributed by atoms with Crippen molar-refractivity contribution in [2.45, 2.75) is 58.3 Å². The van der Waals surface area contributed by atoms with Crippen LogP contribution in [0.4, 0.5) is 0 Å². The molecule has 2 rings (SSSR count). The Balaban J connectivity index is 1.76. The van der Waals surface area contributed by atoms with Gasteiger partial charge in [-0.25, -0.2) is 0 Å². The molecule has 1 heterocycles. The Hall–Kier alpha value is -1.59. The minimum Gasteiger partial charge on any atom is -0.355 e. The van der Waals surface area contributed by atoms with Crippen LogP contribution >= 0.6 is 0 Å². The SMILES string of the molecule is CN=C(NCCNC(C)(C)C)NC1CC(C)N(Cc2ccccc2)C1. The third kappa shape index (κ3) is 7.04. The Bertz CT molecular complexity index is 535. The van der Waals surface area contributed by atoms with Crippen LogP contribution in [0.5, 0.6) is 0 Å². The second-order valence-electron chi connectivity index (χ2n) is 8.02. The zero-order chi connectivity index (χ0) is 18.3. The van der Waals surface area contributed by atoms with Crippen molar-refractivity contribution in [1.29, 1.82) is 0 Å². The fourth-order valence-corrected chi connectivity index (χ4v) is 3.25. The van der Waals surface area contributed by atoms with Crippen LogP contribution in [0.25, 0.3) is 0 Å². The molecule has 1 aromatic carbocycles. The van der Waals surface area contributed by atoms with Gasteiger partial charge in [0.05, 0.1) is 0 Å². The third-order valence-corrected chi connectivity index (χ3v) is 4.57. The maximum Gasteiger partial charge on any atom is 0.191 e. The van der Waals surface area contributed by atoms with E-state index < -0.39 is 0 Å². The van der Waals surface area contributed by atoms with Gasteiger partial charge >= 0.3 is 0 Å². The highest BCUT2D eigenvalue weighted by molar-refractivity contribution is 5.80. The normalized spacial score (nSPS) is 22.2. The number of hydrogen-bond donors (Lipinski definition) is 3. The summed E-state index contributed by atoms with van der Waals surface area (Å²) in [6.45, 7) is 12.7. The lowest BCUT2D eigenvalue weighted by Gasteiger charge is -2.22. The zero-order valence-corrected chi connectivity index (χ0v) is 16.5. The Morgan fingerprint density at radius 2 is 1.92 bits per heavy atom. The molecule has 2 atom stereocenters. The molecule has 0 saturated carbocycles. The van der Waals surface area contributed by atoms with Gasteiger partial charge in [-0.1, -0.05) is 30.3 Å². The van der Waals surface area contributed by atoms with Crippen LogP contribution in [0.15, 0.2) is 35.3 Å². The summed E-state index contributed by atoms with van der Waals surface area (Å²) < 4.78 is 0. The van der Waals surface area contributed by atoms with Crippen molar-refractivity contribution in [1.82, 2.24) is 20.9 Å². The van der Waals surface area contributed by atoms with Crippen LogP contribution in [-0.2, 0) is 6.54 Å². The van der Waals surface area contributed by atoms with Gasteiger partial charge in [-0.2, -0.15) is 0 Å². The van der Waals surface area contributed by atoms with Crippen LogP contribution < -0.4 is 16.0 Å². The van der Waals surface area contributed by atoms with Crippen LogP contribution in [0, 0.1) is 0 Å². The lowest BCUT2D eigenvalue weighted by molar-refractivity contribution is 0.258. The Morgan fingerprint density at radius 1 is 1.20 bits per heavy atom. The largest absolute Gasteiger partial charge is 0.355 e. The number of nitrogens with zero attached hydrogens (tertiary/aromatic N) is 2. The maximum absolute atomic E-state index is 4.37. The smallest absolute Gasteiger partial charge is 0.191 e. The van der Waals surface area contributed by atoms with Crippen molar-refractivity contribution >= 4 is 5.96 Å². The van der Waals surface area contributed by atoms with Crippen molar-refractivity contribution in [3.05, 3.63) is 35.9 Å². The molecular weight excluding hydrogens is 310 g/mol. The molecule has 0 aromatic heterocycles. The lowest BCUT2D eigenvalue weighted by Crippen LogP contribution is -2.47. The molecule has 0 amide bonds. The fourth-order valence-electron chi connectivity index (χ4n) is 3.25. The second kappa shape index (κ2) is 9.20. The summed E-state index contributed by atoms with van der Waals surface area (Å²) in [5.74, 6) is 0.898. The van der Waals surface area contributed by atoms with Gasteiger partial charge in [0, 0.05) is 50.8 Å². The summed E-state index contributed by atoms with van der Waals surface area (Å²) in [7, 11) is 1.84. The van der Waals surface area contributed by atoms with Gasteiger partial charge in [0.2, 0.25) is 0 Å². The molecule has 0 bridgehead atoms. The minimum atomic E-state index is 0.150. The van der Waals surface area contributed by atoms with Gasteiger partial charge < -0.3 is 16.0 Å². The van der Waals surface area contributed by atoms with Crippen molar-refractivity contribution in [2.24, 2.45) is 4.99 Å². The van der Waals surface area contributed by atoms with E-state index in [1.165, 1.54) is 5.56 Å². The first-order valence-electron chi connectivity index (χ1n) is 9.37. The highest BCUT2D eigenvalue weighted by Gasteiger charge is 2.29. The number of aliphatic imine (C=N–C) groups is 1. The molecule has 5 heteroatoms. The second-order valence-corrected chi connectivity index (χ2v) is 8.02. The number of likely N-dealkylation sites (tertiary alicyclic amines) is 1. The average molecular weight is 346 g/mol. The predicted molar refractivity (Wildman–Crippen MR) is 107 cm³/mol. The lowest BCUT2D eigenvalue weighted by atomic mass is 10.1. The highest BCUT2D eigenvalue weighted by Crippen LogP contribution is 2.20. The molecule has 2 unspecified atom stereocenters. The van der Waals surface area contributed by atoms with E-state index in [1.54, 1.807) is 0 Å². The molecular formula is C20H35N5. The highest BCUT2D eigenvalue weighted by atomic mass is 15.3. The molecule has 25 heavy (non-hydrogen) atoms. The molecule has 0 spiro atoms. The first-order chi connectivity index (χ1) is 11.9. The summed E-state index contributed by atoms with van der Waals surface area (Å²) in [5, 5.41) is 10.5. The zero-order valence-electron chi connectivity index (χ0n) is 16.5. The van der Waals surface area contributed by atoms with Crippen molar-refractivity contribution in [3.63, 3.8) is 0 Å². The molecule has 3 N–H and O–H groups in total. The summed E-state index contributed by atoms with van der Waals surface area (Å²) in [6, 6.07) is 11.7. The topological polar surface area (TPSA) is 51.7 Å². The summed E-state index contributed by atoms with van der Waals surface area (Å²) in [5.41, 5.74) is 1.53. The van der Waals surface area contributed by atoms with E-state index in [1.807, 2.05) is 7.05 Å². The van der Waals surface area contributed by atoms with Crippen molar-refractivity contribution < 1.29 is 0 Å². The number of rotatable bonds is 6. The molecule has 1 aromatic rings. The Morgan fingerprint density at radius 3 is 2.56 bits per heavy atom. The van der Waals surface area contributed by atoms with Gasteiger partial charge in [-0.15, -0.1) is 0 Å². The van der Waals surface area contributed by atoms with Crippen molar-refractivity contribution in [2.75, 3.05) is 26.7 Å². The first-order valence-corrected chi connectivity index (χ1v) is 9.37. The van der Waals surface area contributed by atoms with Gasteiger partial charge in [0.1, 0.15) is 0 Å². The fraction of sp³-hybridized carbons (Fsp3) is 0.650. The average Bonchev–Trinajstić information content (AvgIpc) is 2.90. The van der Waals surface area contributed by atoms with Crippen LogP contribution in [0.1, 0.15) is 39.7 Å². The molecule has 140 valence electrons. The summed E-state index contributed by atoms with van der Waals surface area (Å²) >= 11 is 0. The quantitative estimate of drug-likeness (QED) is 0.420. The molecule has 0 radical (unpaired) electrons. The van der Waals surface area contributed by atoms with Gasteiger partial charge in [0.15, 0.2) is 5.96 Å². The number of nitrogens with one attached hydrogen (secondary N) is 3. The Kier molecular flexibility index (Phi) is 7.26. The van der Waals surface area contributed by atoms with Gasteiger partial charge in [0.25, 0.3) is 0 Å². The predicted octanol–water partition coefficient (Wildman–Crippen LogP) is 2.20. The number of benzene rings is 1. The first kappa shape index (κ1) is 19.7. The Labute approximate surface area is 153 Å². The van der Waals surface area contributed by atoms with E-state index in [0.29, 0.717) is 12.1 Å². The maximum atomic E-state index is 4.37. The van der Waals surface area contributed by atoms with E-state index in [9.17, 15) is 0 Å². The van der Waals surface area contributed by atoms with Crippen LogP contribution in [0.3, 0.4) is 0 Å². The standard InChI is InChI=1S/C20H35N5/c1-16-13-18(15-25(16)14-17-9-7-6-8-10-17)24-19(21-5)22-11-12-23-20(2,3)4/h6-10,16,18,23H,11-15H2,1-5H3,(H2,21,22,24). The van der Waals surface area contributed by atoms with E-state index in [4.69, 9.17) is 0 Å². The van der Waals surface area contributed by atoms with Crippen LogP contribution in [-0.4, -0.2) is 55.2 Å². The third-order valence-electron chi connectivity index (χ3n) is 4.57. The molecule has 5 nitrogen and oxygen atoms in total. The summed E-state index contributed by atoms with van der Waals surface area (Å²) in [4.78, 5) is 6.91. The van der Waals surface area contributed by atoms with Gasteiger partial charge in [-0.05, 0) is 39.7 Å². The molecule has 1 saturated heterocycles. The number of guanidine groups is 1. The van der Waals surface area contributed by atoms with E-state index >= 15 is 0 Å².